The topological polar surface area (TPSA) is 28.7 Å². The molecule has 0 radical (unpaired) electrons. The molecule has 0 amide bonds. The molecule has 1 aromatic heterocycles. The number of nitrogens with one attached hydrogen (secondary N) is 1. The van der Waals surface area contributed by atoms with Crippen LogP contribution in [-0.2, 0) is 0 Å². The van der Waals surface area contributed by atoms with Crippen LogP contribution < -0.4 is 0 Å². The first-order valence-corrected chi connectivity index (χ1v) is 5.23. The lowest BCUT2D eigenvalue weighted by molar-refractivity contribution is 0.408. The van der Waals surface area contributed by atoms with E-state index in [9.17, 15) is 0 Å². The largest absolute Gasteiger partial charge is 0.282 e. The molecular formula is C11H18N2. The zero-order valence-corrected chi connectivity index (χ0v) is 8.67. The number of rotatable bonds is 1. The Morgan fingerprint density at radius 2 is 2.23 bits per heavy atom. The van der Waals surface area contributed by atoms with Crippen LogP contribution in [0.4, 0.5) is 0 Å². The first-order chi connectivity index (χ1) is 6.20. The van der Waals surface area contributed by atoms with Crippen LogP contribution in [-0.4, -0.2) is 10.2 Å². The molecule has 13 heavy (non-hydrogen) atoms. The first-order valence-electron chi connectivity index (χ1n) is 5.23. The van der Waals surface area contributed by atoms with Crippen LogP contribution in [0.25, 0.3) is 0 Å². The Hall–Kier alpha value is -0.790. The molecule has 1 aliphatic carbocycles. The molecule has 2 heteroatoms. The van der Waals surface area contributed by atoms with Gasteiger partial charge >= 0.3 is 0 Å². The molecule has 0 saturated carbocycles. The summed E-state index contributed by atoms with van der Waals surface area (Å²) in [6.07, 6.45) is 4.65. The number of fused-ring (bicyclic) bond motifs is 1. The zero-order valence-electron chi connectivity index (χ0n) is 8.67. The predicted molar refractivity (Wildman–Crippen MR) is 53.8 cm³/mol. The highest BCUT2D eigenvalue weighted by Crippen LogP contribution is 2.40. The van der Waals surface area contributed by atoms with Crippen LogP contribution in [0.15, 0.2) is 6.20 Å². The van der Waals surface area contributed by atoms with Crippen LogP contribution >= 0.6 is 0 Å². The lowest BCUT2D eigenvalue weighted by atomic mass is 9.76. The number of hydrogen-bond donors (Lipinski definition) is 1. The molecule has 0 fully saturated rings. The number of aromatic amines is 1. The van der Waals surface area contributed by atoms with E-state index in [1.165, 1.54) is 24.1 Å². The van der Waals surface area contributed by atoms with E-state index in [-0.39, 0.29) is 0 Å². The summed E-state index contributed by atoms with van der Waals surface area (Å²) in [5.74, 6) is 2.14. The van der Waals surface area contributed by atoms with Crippen molar-refractivity contribution in [1.29, 1.82) is 0 Å². The quantitative estimate of drug-likeness (QED) is 0.703. The molecular weight excluding hydrogens is 160 g/mol. The second kappa shape index (κ2) is 3.17. The second-order valence-corrected chi connectivity index (χ2v) is 4.57. The summed E-state index contributed by atoms with van der Waals surface area (Å²) < 4.78 is 0. The molecule has 1 heterocycles. The standard InChI is InChI=1S/C11H18N2/c1-7(2)9-5-4-8(3)11-10(9)6-12-13-11/h6-9H,4-5H2,1-3H3,(H,12,13)/t8-,9+/m0/s1. The van der Waals surface area contributed by atoms with Crippen molar-refractivity contribution in [3.8, 4) is 0 Å². The highest BCUT2D eigenvalue weighted by Gasteiger charge is 2.28. The van der Waals surface area contributed by atoms with E-state index in [4.69, 9.17) is 0 Å². The summed E-state index contributed by atoms with van der Waals surface area (Å²) in [6.45, 7) is 6.89. The van der Waals surface area contributed by atoms with E-state index >= 15 is 0 Å². The minimum absolute atomic E-state index is 0.674. The molecule has 2 atom stereocenters. The highest BCUT2D eigenvalue weighted by atomic mass is 15.1. The summed E-state index contributed by atoms with van der Waals surface area (Å²) >= 11 is 0. The molecule has 0 saturated heterocycles. The smallest absolute Gasteiger partial charge is 0.0525 e. The average Bonchev–Trinajstić information content (AvgIpc) is 2.53. The lowest BCUT2D eigenvalue weighted by Crippen LogP contribution is -2.15. The fourth-order valence-electron chi connectivity index (χ4n) is 2.42. The van der Waals surface area contributed by atoms with Crippen LogP contribution in [0.3, 0.4) is 0 Å². The van der Waals surface area contributed by atoms with Crippen LogP contribution in [0.2, 0.25) is 0 Å². The number of aromatic nitrogens is 2. The maximum atomic E-state index is 4.16. The monoisotopic (exact) mass is 178 g/mol. The van der Waals surface area contributed by atoms with Gasteiger partial charge in [-0.15, -0.1) is 0 Å². The Morgan fingerprint density at radius 3 is 2.92 bits per heavy atom. The molecule has 1 aliphatic rings. The van der Waals surface area contributed by atoms with E-state index in [0.717, 1.165) is 11.8 Å². The maximum Gasteiger partial charge on any atom is 0.0525 e. The molecule has 0 unspecified atom stereocenters. The minimum Gasteiger partial charge on any atom is -0.282 e. The minimum atomic E-state index is 0.674. The van der Waals surface area contributed by atoms with Gasteiger partial charge in [0, 0.05) is 5.69 Å². The Bertz CT molecular complexity index is 288. The van der Waals surface area contributed by atoms with Crippen molar-refractivity contribution in [3.05, 3.63) is 17.5 Å². The normalized spacial score (nSPS) is 27.7. The molecule has 72 valence electrons. The van der Waals surface area contributed by atoms with Crippen molar-refractivity contribution in [2.45, 2.75) is 45.4 Å². The van der Waals surface area contributed by atoms with Crippen molar-refractivity contribution in [2.24, 2.45) is 5.92 Å². The fraction of sp³-hybridized carbons (Fsp3) is 0.727. The van der Waals surface area contributed by atoms with E-state index in [0.29, 0.717) is 5.92 Å². The summed E-state index contributed by atoms with van der Waals surface area (Å²) in [6, 6.07) is 0. The van der Waals surface area contributed by atoms with Gasteiger partial charge in [0.05, 0.1) is 6.20 Å². The molecule has 2 nitrogen and oxygen atoms in total. The van der Waals surface area contributed by atoms with Gasteiger partial charge < -0.3 is 0 Å². The van der Waals surface area contributed by atoms with Crippen molar-refractivity contribution >= 4 is 0 Å². The SMILES string of the molecule is CC(C)[C@H]1CC[C@H](C)c2[nH]ncc21. The van der Waals surface area contributed by atoms with E-state index in [1.54, 1.807) is 0 Å². The van der Waals surface area contributed by atoms with Gasteiger partial charge in [-0.05, 0) is 36.2 Å². The lowest BCUT2D eigenvalue weighted by Gasteiger charge is -2.28. The number of nitrogens with zero attached hydrogens (tertiary/aromatic N) is 1. The Kier molecular flexibility index (Phi) is 2.14. The van der Waals surface area contributed by atoms with Crippen molar-refractivity contribution < 1.29 is 0 Å². The van der Waals surface area contributed by atoms with E-state index < -0.39 is 0 Å². The summed E-state index contributed by atoms with van der Waals surface area (Å²) in [5.41, 5.74) is 2.85. The predicted octanol–water partition coefficient (Wildman–Crippen LogP) is 3.05. The van der Waals surface area contributed by atoms with Crippen molar-refractivity contribution in [1.82, 2.24) is 10.2 Å². The average molecular weight is 178 g/mol. The maximum absolute atomic E-state index is 4.16. The summed E-state index contributed by atoms with van der Waals surface area (Å²) in [5, 5.41) is 7.30. The second-order valence-electron chi connectivity index (χ2n) is 4.57. The van der Waals surface area contributed by atoms with Gasteiger partial charge in [-0.1, -0.05) is 20.8 Å². The molecule has 2 rings (SSSR count). The number of hydrogen-bond acceptors (Lipinski definition) is 1. The Labute approximate surface area is 79.7 Å². The van der Waals surface area contributed by atoms with Gasteiger partial charge in [0.1, 0.15) is 0 Å². The van der Waals surface area contributed by atoms with Crippen LogP contribution in [0, 0.1) is 5.92 Å². The van der Waals surface area contributed by atoms with E-state index in [2.05, 4.69) is 31.0 Å². The third kappa shape index (κ3) is 1.38. The molecule has 1 N–H and O–H groups in total. The number of H-pyrrole nitrogens is 1. The van der Waals surface area contributed by atoms with Crippen molar-refractivity contribution in [2.75, 3.05) is 0 Å². The first kappa shape index (κ1) is 8.79. The highest BCUT2D eigenvalue weighted by molar-refractivity contribution is 5.27. The molecule has 0 bridgehead atoms. The molecule has 0 spiro atoms. The van der Waals surface area contributed by atoms with Crippen molar-refractivity contribution in [3.63, 3.8) is 0 Å². The van der Waals surface area contributed by atoms with Gasteiger partial charge in [0.25, 0.3) is 0 Å². The van der Waals surface area contributed by atoms with Gasteiger partial charge in [-0.3, -0.25) is 5.10 Å². The molecule has 1 aromatic rings. The third-order valence-electron chi connectivity index (χ3n) is 3.31. The Morgan fingerprint density at radius 1 is 1.46 bits per heavy atom. The van der Waals surface area contributed by atoms with Crippen LogP contribution in [0.5, 0.6) is 0 Å². The van der Waals surface area contributed by atoms with Gasteiger partial charge in [0.15, 0.2) is 0 Å². The third-order valence-corrected chi connectivity index (χ3v) is 3.31. The fourth-order valence-corrected chi connectivity index (χ4v) is 2.42. The zero-order chi connectivity index (χ0) is 9.42. The Balaban J connectivity index is 2.35. The summed E-state index contributed by atoms with van der Waals surface area (Å²) in [4.78, 5) is 0. The van der Waals surface area contributed by atoms with E-state index in [1.807, 2.05) is 6.20 Å². The molecule has 0 aromatic carbocycles. The van der Waals surface area contributed by atoms with Crippen LogP contribution in [0.1, 0.15) is 56.7 Å². The van der Waals surface area contributed by atoms with Gasteiger partial charge in [-0.2, -0.15) is 5.10 Å². The summed E-state index contributed by atoms with van der Waals surface area (Å²) in [7, 11) is 0. The van der Waals surface area contributed by atoms with Gasteiger partial charge in [-0.25, -0.2) is 0 Å². The van der Waals surface area contributed by atoms with Gasteiger partial charge in [0.2, 0.25) is 0 Å². The molecule has 0 aliphatic heterocycles.